The molecule has 19 heavy (non-hydrogen) atoms. The molecule has 2 aromatic rings. The van der Waals surface area contributed by atoms with Crippen LogP contribution >= 0.6 is 27.5 Å². The first-order chi connectivity index (χ1) is 8.93. The molecular weight excluding hydrogens is 328 g/mol. The molecule has 0 saturated carbocycles. The molecule has 0 unspecified atom stereocenters. The Morgan fingerprint density at radius 2 is 1.84 bits per heavy atom. The van der Waals surface area contributed by atoms with Crippen molar-refractivity contribution in [2.45, 2.75) is 26.1 Å². The average molecular weight is 344 g/mol. The number of ether oxygens (including phenoxy) is 1. The molecule has 1 aromatic heterocycles. The second-order valence-corrected chi connectivity index (χ2v) is 5.54. The van der Waals surface area contributed by atoms with E-state index in [4.69, 9.17) is 16.3 Å². The van der Waals surface area contributed by atoms with Gasteiger partial charge < -0.3 is 4.74 Å². The molecule has 0 N–H and O–H groups in total. The highest BCUT2D eigenvalue weighted by molar-refractivity contribution is 9.08. The molecule has 0 amide bonds. The zero-order chi connectivity index (χ0) is 14.2. The number of alkyl halides is 1. The topological polar surface area (TPSA) is 27.1 Å². The number of aryl methyl sites for hydroxylation is 4. The minimum atomic E-state index is 0.716. The van der Waals surface area contributed by atoms with Crippen LogP contribution in [0.5, 0.6) is 11.6 Å². The summed E-state index contributed by atoms with van der Waals surface area (Å²) in [6.07, 6.45) is 0. The van der Waals surface area contributed by atoms with E-state index in [-0.39, 0.29) is 0 Å². The Morgan fingerprint density at radius 3 is 2.37 bits per heavy atom. The fourth-order valence-corrected chi connectivity index (χ4v) is 2.79. The van der Waals surface area contributed by atoms with Crippen LogP contribution in [0.3, 0.4) is 0 Å². The van der Waals surface area contributed by atoms with Crippen LogP contribution in [0.15, 0.2) is 12.1 Å². The number of benzene rings is 1. The first kappa shape index (κ1) is 14.4. The van der Waals surface area contributed by atoms with E-state index in [1.165, 1.54) is 0 Å². The summed E-state index contributed by atoms with van der Waals surface area (Å²) in [7, 11) is 1.88. The van der Waals surface area contributed by atoms with Gasteiger partial charge in [0, 0.05) is 23.0 Å². The molecule has 0 saturated heterocycles. The zero-order valence-corrected chi connectivity index (χ0v) is 13.8. The van der Waals surface area contributed by atoms with Gasteiger partial charge in [0.05, 0.1) is 5.69 Å². The van der Waals surface area contributed by atoms with Crippen LogP contribution in [-0.4, -0.2) is 9.78 Å². The third-order valence-corrected chi connectivity index (χ3v) is 4.20. The third kappa shape index (κ3) is 2.79. The van der Waals surface area contributed by atoms with E-state index in [0.29, 0.717) is 5.33 Å². The van der Waals surface area contributed by atoms with Gasteiger partial charge in [0.25, 0.3) is 0 Å². The lowest BCUT2D eigenvalue weighted by Gasteiger charge is -2.11. The number of aromatic nitrogens is 2. The van der Waals surface area contributed by atoms with Crippen LogP contribution < -0.4 is 4.74 Å². The molecule has 1 aromatic carbocycles. The maximum atomic E-state index is 6.17. The summed E-state index contributed by atoms with van der Waals surface area (Å²) >= 11 is 9.64. The highest BCUT2D eigenvalue weighted by Crippen LogP contribution is 2.32. The van der Waals surface area contributed by atoms with Gasteiger partial charge in [0.1, 0.15) is 5.75 Å². The van der Waals surface area contributed by atoms with Crippen molar-refractivity contribution in [2.24, 2.45) is 7.05 Å². The third-order valence-electron chi connectivity index (χ3n) is 3.05. The van der Waals surface area contributed by atoms with Gasteiger partial charge in [-0.25, -0.2) is 4.68 Å². The van der Waals surface area contributed by atoms with E-state index in [0.717, 1.165) is 39.0 Å². The van der Waals surface area contributed by atoms with Gasteiger partial charge >= 0.3 is 0 Å². The van der Waals surface area contributed by atoms with Gasteiger partial charge in [0.2, 0.25) is 5.88 Å². The van der Waals surface area contributed by atoms with E-state index < -0.39 is 0 Å². The summed E-state index contributed by atoms with van der Waals surface area (Å²) in [4.78, 5) is 0. The molecule has 0 spiro atoms. The van der Waals surface area contributed by atoms with Crippen molar-refractivity contribution in [2.75, 3.05) is 0 Å². The van der Waals surface area contributed by atoms with E-state index in [1.807, 2.05) is 40.0 Å². The number of halogens is 2. The molecule has 2 rings (SSSR count). The normalized spacial score (nSPS) is 10.8. The molecule has 0 aliphatic rings. The minimum absolute atomic E-state index is 0.716. The average Bonchev–Trinajstić information content (AvgIpc) is 2.60. The molecule has 0 atom stereocenters. The molecule has 5 heteroatoms. The van der Waals surface area contributed by atoms with Crippen molar-refractivity contribution in [3.63, 3.8) is 0 Å². The number of rotatable bonds is 3. The van der Waals surface area contributed by atoms with Gasteiger partial charge in [0.15, 0.2) is 0 Å². The lowest BCUT2D eigenvalue weighted by molar-refractivity contribution is 0.427. The molecule has 1 heterocycles. The summed E-state index contributed by atoms with van der Waals surface area (Å²) in [5.41, 5.74) is 4.05. The Kier molecular flexibility index (Phi) is 4.21. The largest absolute Gasteiger partial charge is 0.439 e. The number of nitrogens with zero attached hydrogens (tertiary/aromatic N) is 2. The predicted octanol–water partition coefficient (Wildman–Crippen LogP) is 4.69. The molecule has 0 radical (unpaired) electrons. The maximum absolute atomic E-state index is 6.17. The number of hydrogen-bond donors (Lipinski definition) is 0. The van der Waals surface area contributed by atoms with Crippen molar-refractivity contribution in [1.29, 1.82) is 0 Å². The van der Waals surface area contributed by atoms with Crippen LogP contribution in [0.25, 0.3) is 0 Å². The van der Waals surface area contributed by atoms with Crippen molar-refractivity contribution in [3.8, 4) is 11.6 Å². The summed E-state index contributed by atoms with van der Waals surface area (Å²) in [6.45, 7) is 5.92. The van der Waals surface area contributed by atoms with E-state index in [9.17, 15) is 0 Å². The van der Waals surface area contributed by atoms with E-state index in [1.54, 1.807) is 4.68 Å². The van der Waals surface area contributed by atoms with Gasteiger partial charge in [-0.05, 0) is 44.0 Å². The van der Waals surface area contributed by atoms with Crippen molar-refractivity contribution < 1.29 is 4.74 Å². The van der Waals surface area contributed by atoms with E-state index in [2.05, 4.69) is 21.0 Å². The minimum Gasteiger partial charge on any atom is -0.439 e. The van der Waals surface area contributed by atoms with Crippen molar-refractivity contribution in [3.05, 3.63) is 39.5 Å². The van der Waals surface area contributed by atoms with Crippen molar-refractivity contribution in [1.82, 2.24) is 9.78 Å². The highest BCUT2D eigenvalue weighted by Gasteiger charge is 2.15. The molecule has 0 fully saturated rings. The van der Waals surface area contributed by atoms with Crippen LogP contribution in [-0.2, 0) is 12.4 Å². The maximum Gasteiger partial charge on any atom is 0.221 e. The van der Waals surface area contributed by atoms with Crippen molar-refractivity contribution >= 4 is 27.5 Å². The van der Waals surface area contributed by atoms with Gasteiger partial charge in [-0.1, -0.05) is 27.5 Å². The summed E-state index contributed by atoms with van der Waals surface area (Å²) < 4.78 is 7.74. The monoisotopic (exact) mass is 342 g/mol. The Balaban J connectivity index is 2.42. The summed E-state index contributed by atoms with van der Waals surface area (Å²) in [6, 6.07) is 3.88. The summed E-state index contributed by atoms with van der Waals surface area (Å²) in [5, 5.41) is 5.88. The first-order valence-electron chi connectivity index (χ1n) is 5.97. The van der Waals surface area contributed by atoms with Gasteiger partial charge in [-0.15, -0.1) is 0 Å². The fourth-order valence-electron chi connectivity index (χ4n) is 2.04. The van der Waals surface area contributed by atoms with Crippen LogP contribution in [0.2, 0.25) is 5.02 Å². The molecular formula is C14H16BrClN2O. The molecule has 3 nitrogen and oxygen atoms in total. The number of hydrogen-bond acceptors (Lipinski definition) is 2. The molecule has 0 aliphatic heterocycles. The van der Waals surface area contributed by atoms with E-state index >= 15 is 0 Å². The van der Waals surface area contributed by atoms with Gasteiger partial charge in [-0.3, -0.25) is 0 Å². The second kappa shape index (κ2) is 5.55. The Morgan fingerprint density at radius 1 is 1.26 bits per heavy atom. The zero-order valence-electron chi connectivity index (χ0n) is 11.4. The fraction of sp³-hybridized carbons (Fsp3) is 0.357. The highest BCUT2D eigenvalue weighted by atomic mass is 79.9. The van der Waals surface area contributed by atoms with Gasteiger partial charge in [-0.2, -0.15) is 5.10 Å². The second-order valence-electron chi connectivity index (χ2n) is 4.60. The first-order valence-corrected chi connectivity index (χ1v) is 7.47. The molecule has 0 aliphatic carbocycles. The molecule has 102 valence electrons. The lowest BCUT2D eigenvalue weighted by Crippen LogP contribution is -1.97. The predicted molar refractivity (Wildman–Crippen MR) is 81.6 cm³/mol. The lowest BCUT2D eigenvalue weighted by atomic mass is 10.1. The summed E-state index contributed by atoms with van der Waals surface area (Å²) in [5.74, 6) is 1.54. The standard InChI is InChI=1S/C14H16BrClN2O/c1-8-5-11(6-9(2)13(8)16)19-14-12(7-15)10(3)17-18(14)4/h5-6H,7H2,1-4H3. The Bertz CT molecular complexity index is 599. The quantitative estimate of drug-likeness (QED) is 0.756. The van der Waals surface area contributed by atoms with Crippen LogP contribution in [0.4, 0.5) is 0 Å². The SMILES string of the molecule is Cc1cc(Oc2c(CBr)c(C)nn2C)cc(C)c1Cl. The van der Waals surface area contributed by atoms with Crippen LogP contribution in [0.1, 0.15) is 22.4 Å². The van der Waals surface area contributed by atoms with Crippen LogP contribution in [0, 0.1) is 20.8 Å². The Labute approximate surface area is 126 Å². The Hall–Kier alpha value is -1.00. The smallest absolute Gasteiger partial charge is 0.221 e. The molecule has 0 bridgehead atoms.